The van der Waals surface area contributed by atoms with E-state index in [2.05, 4.69) is 5.10 Å². The van der Waals surface area contributed by atoms with E-state index in [0.717, 1.165) is 0 Å². The molecule has 0 aliphatic carbocycles. The standard InChI is InChI=1S/C18H13ClF4N2O3/c1-9(17(26)27-2)25-15-7-12(4-3-10(15)8-24-25)28-16-13(19)5-11(6-14(16)20)18(21,22)23/h3-9H,1-2H3. The Kier molecular flexibility index (Phi) is 5.20. The second-order valence-electron chi connectivity index (χ2n) is 5.88. The topological polar surface area (TPSA) is 53.4 Å². The molecule has 148 valence electrons. The van der Waals surface area contributed by atoms with Gasteiger partial charge in [0, 0.05) is 11.5 Å². The maximum atomic E-state index is 14.2. The van der Waals surface area contributed by atoms with Crippen LogP contribution in [0.15, 0.2) is 36.5 Å². The lowest BCUT2D eigenvalue weighted by Gasteiger charge is -2.14. The number of halogens is 5. The second kappa shape index (κ2) is 7.31. The van der Waals surface area contributed by atoms with Gasteiger partial charge >= 0.3 is 12.1 Å². The summed E-state index contributed by atoms with van der Waals surface area (Å²) in [6, 6.07) is 4.71. The highest BCUT2D eigenvalue weighted by atomic mass is 35.5. The molecule has 1 aromatic heterocycles. The number of ether oxygens (including phenoxy) is 2. The van der Waals surface area contributed by atoms with Crippen molar-refractivity contribution in [3.05, 3.63) is 52.9 Å². The number of carbonyl (C=O) groups excluding carboxylic acids is 1. The monoisotopic (exact) mass is 416 g/mol. The van der Waals surface area contributed by atoms with Crippen LogP contribution in [0.2, 0.25) is 5.02 Å². The van der Waals surface area contributed by atoms with Crippen LogP contribution in [0, 0.1) is 5.82 Å². The van der Waals surface area contributed by atoms with Crippen molar-refractivity contribution >= 4 is 28.5 Å². The van der Waals surface area contributed by atoms with Crippen molar-refractivity contribution in [3.63, 3.8) is 0 Å². The Hall–Kier alpha value is -2.81. The van der Waals surface area contributed by atoms with Gasteiger partial charge in [-0.25, -0.2) is 9.18 Å². The molecule has 1 atom stereocenters. The fourth-order valence-electron chi connectivity index (χ4n) is 2.60. The summed E-state index contributed by atoms with van der Waals surface area (Å²) in [7, 11) is 1.24. The number of hydrogen-bond donors (Lipinski definition) is 0. The summed E-state index contributed by atoms with van der Waals surface area (Å²) in [5.74, 6) is -2.21. The van der Waals surface area contributed by atoms with E-state index in [1.165, 1.54) is 30.1 Å². The number of alkyl halides is 3. The zero-order valence-electron chi connectivity index (χ0n) is 14.6. The highest BCUT2D eigenvalue weighted by Gasteiger charge is 2.32. The molecule has 0 aliphatic heterocycles. The predicted molar refractivity (Wildman–Crippen MR) is 92.9 cm³/mol. The van der Waals surface area contributed by atoms with Crippen LogP contribution >= 0.6 is 11.6 Å². The van der Waals surface area contributed by atoms with Crippen LogP contribution in [0.25, 0.3) is 10.9 Å². The summed E-state index contributed by atoms with van der Waals surface area (Å²) >= 11 is 5.79. The first kappa shape index (κ1) is 19.9. The highest BCUT2D eigenvalue weighted by Crippen LogP contribution is 2.39. The molecule has 2 aromatic carbocycles. The lowest BCUT2D eigenvalue weighted by molar-refractivity contribution is -0.144. The molecule has 0 bridgehead atoms. The molecular weight excluding hydrogens is 404 g/mol. The molecule has 3 rings (SSSR count). The molecule has 10 heteroatoms. The van der Waals surface area contributed by atoms with Gasteiger partial charge in [0.05, 0.1) is 29.4 Å². The molecule has 0 spiro atoms. The van der Waals surface area contributed by atoms with Gasteiger partial charge in [-0.15, -0.1) is 0 Å². The Bertz CT molecular complexity index is 1030. The van der Waals surface area contributed by atoms with E-state index in [1.807, 2.05) is 0 Å². The number of rotatable bonds is 4. The van der Waals surface area contributed by atoms with Gasteiger partial charge in [0.25, 0.3) is 0 Å². The van der Waals surface area contributed by atoms with Crippen LogP contribution in [0.3, 0.4) is 0 Å². The van der Waals surface area contributed by atoms with Crippen LogP contribution < -0.4 is 4.74 Å². The number of esters is 1. The SMILES string of the molecule is COC(=O)C(C)n1ncc2ccc(Oc3c(F)cc(C(F)(F)F)cc3Cl)cc21. The summed E-state index contributed by atoms with van der Waals surface area (Å²) in [6.07, 6.45) is -3.22. The average molecular weight is 417 g/mol. The van der Waals surface area contributed by atoms with Crippen molar-refractivity contribution in [1.82, 2.24) is 9.78 Å². The number of carbonyl (C=O) groups is 1. The molecule has 1 heterocycles. The van der Waals surface area contributed by atoms with Gasteiger partial charge < -0.3 is 9.47 Å². The molecule has 0 amide bonds. The highest BCUT2D eigenvalue weighted by molar-refractivity contribution is 6.32. The Morgan fingerprint density at radius 1 is 1.25 bits per heavy atom. The molecule has 0 aliphatic rings. The normalized spacial score (nSPS) is 12.8. The maximum Gasteiger partial charge on any atom is 0.416 e. The minimum absolute atomic E-state index is 0.104. The molecule has 0 saturated heterocycles. The number of methoxy groups -OCH3 is 1. The largest absolute Gasteiger partial charge is 0.467 e. The van der Waals surface area contributed by atoms with Gasteiger partial charge in [-0.05, 0) is 31.2 Å². The van der Waals surface area contributed by atoms with Crippen LogP contribution in [0.4, 0.5) is 17.6 Å². The summed E-state index contributed by atoms with van der Waals surface area (Å²) in [4.78, 5) is 11.8. The van der Waals surface area contributed by atoms with Gasteiger partial charge in [0.15, 0.2) is 11.6 Å². The van der Waals surface area contributed by atoms with Crippen molar-refractivity contribution < 1.29 is 31.8 Å². The first-order chi connectivity index (χ1) is 13.1. The smallest absolute Gasteiger partial charge is 0.416 e. The van der Waals surface area contributed by atoms with Gasteiger partial charge in [0.1, 0.15) is 11.8 Å². The number of nitrogens with zero attached hydrogens (tertiary/aromatic N) is 2. The second-order valence-corrected chi connectivity index (χ2v) is 6.28. The van der Waals surface area contributed by atoms with Crippen molar-refractivity contribution in [3.8, 4) is 11.5 Å². The number of benzene rings is 2. The van der Waals surface area contributed by atoms with Crippen LogP contribution in [-0.4, -0.2) is 22.9 Å². The van der Waals surface area contributed by atoms with Crippen LogP contribution in [-0.2, 0) is 15.7 Å². The van der Waals surface area contributed by atoms with Gasteiger partial charge in [0.2, 0.25) is 0 Å². The van der Waals surface area contributed by atoms with Crippen molar-refractivity contribution in [2.24, 2.45) is 0 Å². The van der Waals surface area contributed by atoms with Gasteiger partial charge in [-0.2, -0.15) is 18.3 Å². The van der Waals surface area contributed by atoms with Crippen molar-refractivity contribution in [2.45, 2.75) is 19.1 Å². The molecule has 0 fully saturated rings. The average Bonchev–Trinajstić information content (AvgIpc) is 3.05. The summed E-state index contributed by atoms with van der Waals surface area (Å²) in [5, 5.41) is 4.27. The van der Waals surface area contributed by atoms with E-state index in [0.29, 0.717) is 23.0 Å². The molecule has 0 radical (unpaired) electrons. The van der Waals surface area contributed by atoms with Crippen molar-refractivity contribution in [1.29, 1.82) is 0 Å². The predicted octanol–water partition coefficient (Wildman–Crippen LogP) is 5.37. The Morgan fingerprint density at radius 2 is 1.96 bits per heavy atom. The Morgan fingerprint density at radius 3 is 2.57 bits per heavy atom. The summed E-state index contributed by atoms with van der Waals surface area (Å²) < 4.78 is 63.8. The summed E-state index contributed by atoms with van der Waals surface area (Å²) in [5.41, 5.74) is -0.735. The summed E-state index contributed by atoms with van der Waals surface area (Å²) in [6.45, 7) is 1.58. The minimum Gasteiger partial charge on any atom is -0.467 e. The molecule has 5 nitrogen and oxygen atoms in total. The third kappa shape index (κ3) is 3.75. The molecule has 0 saturated carbocycles. The van der Waals surface area contributed by atoms with E-state index in [1.54, 1.807) is 13.0 Å². The maximum absolute atomic E-state index is 14.2. The zero-order valence-corrected chi connectivity index (χ0v) is 15.3. The van der Waals surface area contributed by atoms with E-state index in [-0.39, 0.29) is 5.75 Å². The first-order valence-electron chi connectivity index (χ1n) is 7.91. The molecular formula is C18H13ClF4N2O3. The number of fused-ring (bicyclic) bond motifs is 1. The third-order valence-electron chi connectivity index (χ3n) is 4.02. The van der Waals surface area contributed by atoms with E-state index < -0.39 is 40.3 Å². The molecule has 0 N–H and O–H groups in total. The van der Waals surface area contributed by atoms with E-state index >= 15 is 0 Å². The minimum atomic E-state index is -4.74. The lowest BCUT2D eigenvalue weighted by atomic mass is 10.2. The van der Waals surface area contributed by atoms with Gasteiger partial charge in [-0.3, -0.25) is 4.68 Å². The van der Waals surface area contributed by atoms with Gasteiger partial charge in [-0.1, -0.05) is 11.6 Å². The van der Waals surface area contributed by atoms with E-state index in [9.17, 15) is 22.4 Å². The van der Waals surface area contributed by atoms with Crippen LogP contribution in [0.5, 0.6) is 11.5 Å². The first-order valence-corrected chi connectivity index (χ1v) is 8.29. The fourth-order valence-corrected chi connectivity index (χ4v) is 2.85. The number of aromatic nitrogens is 2. The van der Waals surface area contributed by atoms with Crippen LogP contribution in [0.1, 0.15) is 18.5 Å². The lowest BCUT2D eigenvalue weighted by Crippen LogP contribution is -2.18. The fraction of sp³-hybridized carbons (Fsp3) is 0.222. The van der Waals surface area contributed by atoms with Crippen molar-refractivity contribution in [2.75, 3.05) is 7.11 Å². The Labute approximate surface area is 161 Å². The van der Waals surface area contributed by atoms with E-state index in [4.69, 9.17) is 21.1 Å². The molecule has 1 unspecified atom stereocenters. The zero-order chi connectivity index (χ0) is 20.6. The third-order valence-corrected chi connectivity index (χ3v) is 4.31. The molecule has 3 aromatic rings. The number of hydrogen-bond acceptors (Lipinski definition) is 4. The molecule has 28 heavy (non-hydrogen) atoms. The Balaban J connectivity index is 1.98. The quantitative estimate of drug-likeness (QED) is 0.423.